The number of hydrazone groups is 1. The van der Waals surface area contributed by atoms with Crippen molar-refractivity contribution in [2.45, 2.75) is 13.8 Å². The minimum absolute atomic E-state index is 0.270. The zero-order chi connectivity index (χ0) is 16.7. The Hall–Kier alpha value is -2.95. The maximum Gasteiger partial charge on any atom is 0.338 e. The van der Waals surface area contributed by atoms with Crippen LogP contribution >= 0.6 is 0 Å². The third kappa shape index (κ3) is 4.51. The Morgan fingerprint density at radius 2 is 1.57 bits per heavy atom. The van der Waals surface area contributed by atoms with Gasteiger partial charge < -0.3 is 4.74 Å². The van der Waals surface area contributed by atoms with Gasteiger partial charge in [0.25, 0.3) is 5.91 Å². The predicted octanol–water partition coefficient (Wildman–Crippen LogP) is 3.02. The molecule has 2 aromatic carbocycles. The second-order valence-electron chi connectivity index (χ2n) is 4.80. The summed E-state index contributed by atoms with van der Waals surface area (Å²) in [6, 6.07) is 15.7. The summed E-state index contributed by atoms with van der Waals surface area (Å²) < 4.78 is 4.93. The molecule has 0 saturated carbocycles. The van der Waals surface area contributed by atoms with Gasteiger partial charge in [-0.2, -0.15) is 5.10 Å². The highest BCUT2D eigenvalue weighted by Crippen LogP contribution is 2.07. The van der Waals surface area contributed by atoms with Gasteiger partial charge in [0.15, 0.2) is 0 Å². The molecule has 0 heterocycles. The summed E-state index contributed by atoms with van der Waals surface area (Å²) in [6.45, 7) is 3.88. The summed E-state index contributed by atoms with van der Waals surface area (Å²) in [5, 5.41) is 4.08. The van der Waals surface area contributed by atoms with Gasteiger partial charge >= 0.3 is 5.97 Å². The molecule has 0 radical (unpaired) electrons. The Labute approximate surface area is 135 Å². The van der Waals surface area contributed by atoms with Crippen LogP contribution in [0.4, 0.5) is 0 Å². The second-order valence-corrected chi connectivity index (χ2v) is 4.80. The van der Waals surface area contributed by atoms with E-state index in [9.17, 15) is 9.59 Å². The van der Waals surface area contributed by atoms with Crippen LogP contribution in [0.15, 0.2) is 59.7 Å². The van der Waals surface area contributed by atoms with E-state index >= 15 is 0 Å². The number of ether oxygens (including phenoxy) is 1. The number of carbonyl (C=O) groups is 2. The highest BCUT2D eigenvalue weighted by molar-refractivity contribution is 6.01. The van der Waals surface area contributed by atoms with Crippen molar-refractivity contribution in [3.05, 3.63) is 71.3 Å². The molecule has 1 amide bonds. The number of rotatable bonds is 5. The van der Waals surface area contributed by atoms with Crippen molar-refractivity contribution in [2.24, 2.45) is 5.10 Å². The van der Waals surface area contributed by atoms with Crippen LogP contribution in [0.2, 0.25) is 0 Å². The average Bonchev–Trinajstić information content (AvgIpc) is 2.60. The molecule has 0 aliphatic carbocycles. The molecule has 0 bridgehead atoms. The molecule has 2 aromatic rings. The fraction of sp³-hybridized carbons (Fsp3) is 0.167. The first-order valence-electron chi connectivity index (χ1n) is 7.29. The molecule has 23 heavy (non-hydrogen) atoms. The van der Waals surface area contributed by atoms with Gasteiger partial charge in [0, 0.05) is 5.56 Å². The standard InChI is InChI=1S/C18H18N2O3/c1-3-23-18(22)16-11-9-14(10-12-16)13(2)19-20-17(21)15-7-5-4-6-8-15/h4-12H,3H2,1-2H3,(H,20,21). The Kier molecular flexibility index (Phi) is 5.63. The van der Waals surface area contributed by atoms with Crippen molar-refractivity contribution in [1.82, 2.24) is 5.43 Å². The number of nitrogens with zero attached hydrogens (tertiary/aromatic N) is 1. The molecule has 2 rings (SSSR count). The topological polar surface area (TPSA) is 67.8 Å². The molecule has 0 fully saturated rings. The highest BCUT2D eigenvalue weighted by Gasteiger charge is 2.07. The van der Waals surface area contributed by atoms with Gasteiger partial charge in [-0.1, -0.05) is 30.3 Å². The van der Waals surface area contributed by atoms with Gasteiger partial charge in [0.2, 0.25) is 0 Å². The smallest absolute Gasteiger partial charge is 0.338 e. The van der Waals surface area contributed by atoms with Crippen LogP contribution in [0.3, 0.4) is 0 Å². The Bertz CT molecular complexity index is 707. The van der Waals surface area contributed by atoms with Crippen LogP contribution in [0, 0.1) is 0 Å². The summed E-state index contributed by atoms with van der Waals surface area (Å²) in [5.74, 6) is -0.626. The molecule has 0 spiro atoms. The van der Waals surface area contributed by atoms with Crippen LogP contribution < -0.4 is 5.43 Å². The molecular formula is C18H18N2O3. The van der Waals surface area contributed by atoms with Gasteiger partial charge in [0.05, 0.1) is 17.9 Å². The quantitative estimate of drug-likeness (QED) is 0.524. The molecule has 0 saturated heterocycles. The number of amides is 1. The van der Waals surface area contributed by atoms with Crippen molar-refractivity contribution in [3.63, 3.8) is 0 Å². The summed E-state index contributed by atoms with van der Waals surface area (Å²) in [6.07, 6.45) is 0. The van der Waals surface area contributed by atoms with Crippen LogP contribution in [0.25, 0.3) is 0 Å². The first kappa shape index (κ1) is 16.4. The lowest BCUT2D eigenvalue weighted by Gasteiger charge is -2.05. The average molecular weight is 310 g/mol. The molecule has 1 N–H and O–H groups in total. The van der Waals surface area contributed by atoms with E-state index in [1.54, 1.807) is 62.4 Å². The fourth-order valence-corrected chi connectivity index (χ4v) is 1.92. The minimum atomic E-state index is -0.356. The van der Waals surface area contributed by atoms with Crippen molar-refractivity contribution in [3.8, 4) is 0 Å². The molecule has 0 unspecified atom stereocenters. The summed E-state index contributed by atoms with van der Waals surface area (Å²) in [5.41, 5.74) is 4.99. The number of benzene rings is 2. The van der Waals surface area contributed by atoms with Crippen LogP contribution in [-0.2, 0) is 4.74 Å². The third-order valence-electron chi connectivity index (χ3n) is 3.17. The third-order valence-corrected chi connectivity index (χ3v) is 3.17. The normalized spacial score (nSPS) is 11.0. The number of esters is 1. The van der Waals surface area contributed by atoms with E-state index in [1.165, 1.54) is 0 Å². The molecule has 0 atom stereocenters. The van der Waals surface area contributed by atoms with Crippen molar-refractivity contribution in [2.75, 3.05) is 6.61 Å². The molecular weight excluding hydrogens is 292 g/mol. The molecule has 0 aromatic heterocycles. The molecule has 118 valence electrons. The first-order chi connectivity index (χ1) is 11.1. The highest BCUT2D eigenvalue weighted by atomic mass is 16.5. The maximum atomic E-state index is 11.9. The molecule has 5 heteroatoms. The van der Waals surface area contributed by atoms with E-state index in [0.29, 0.717) is 23.4 Å². The van der Waals surface area contributed by atoms with Gasteiger partial charge in [0.1, 0.15) is 0 Å². The zero-order valence-electron chi connectivity index (χ0n) is 13.1. The summed E-state index contributed by atoms with van der Waals surface area (Å²) >= 11 is 0. The van der Waals surface area contributed by atoms with E-state index in [1.807, 2.05) is 6.07 Å². The van der Waals surface area contributed by atoms with Crippen LogP contribution in [0.1, 0.15) is 40.1 Å². The lowest BCUT2D eigenvalue weighted by atomic mass is 10.1. The van der Waals surface area contributed by atoms with Gasteiger partial charge in [-0.3, -0.25) is 4.79 Å². The van der Waals surface area contributed by atoms with Crippen molar-refractivity contribution in [1.29, 1.82) is 0 Å². The van der Waals surface area contributed by atoms with Gasteiger partial charge in [-0.25, -0.2) is 10.2 Å². The van der Waals surface area contributed by atoms with E-state index in [-0.39, 0.29) is 11.9 Å². The van der Waals surface area contributed by atoms with Crippen molar-refractivity contribution >= 4 is 17.6 Å². The Balaban J connectivity index is 2.03. The second kappa shape index (κ2) is 7.89. The largest absolute Gasteiger partial charge is 0.462 e. The first-order valence-corrected chi connectivity index (χ1v) is 7.29. The minimum Gasteiger partial charge on any atom is -0.462 e. The summed E-state index contributed by atoms with van der Waals surface area (Å²) in [4.78, 5) is 23.5. The fourth-order valence-electron chi connectivity index (χ4n) is 1.92. The van der Waals surface area contributed by atoms with Gasteiger partial charge in [-0.05, 0) is 43.7 Å². The lowest BCUT2D eigenvalue weighted by molar-refractivity contribution is 0.0526. The molecule has 0 aliphatic rings. The van der Waals surface area contributed by atoms with Crippen LogP contribution in [-0.4, -0.2) is 24.2 Å². The number of hydrogen-bond acceptors (Lipinski definition) is 4. The monoisotopic (exact) mass is 310 g/mol. The van der Waals surface area contributed by atoms with Crippen molar-refractivity contribution < 1.29 is 14.3 Å². The Morgan fingerprint density at radius 1 is 0.957 bits per heavy atom. The van der Waals surface area contributed by atoms with E-state index < -0.39 is 0 Å². The Morgan fingerprint density at radius 3 is 2.17 bits per heavy atom. The lowest BCUT2D eigenvalue weighted by Crippen LogP contribution is -2.19. The summed E-state index contributed by atoms with van der Waals surface area (Å²) in [7, 11) is 0. The van der Waals surface area contributed by atoms with Crippen LogP contribution in [0.5, 0.6) is 0 Å². The molecule has 5 nitrogen and oxygen atoms in total. The number of hydrogen-bond donors (Lipinski definition) is 1. The predicted molar refractivity (Wildman–Crippen MR) is 88.5 cm³/mol. The zero-order valence-corrected chi connectivity index (χ0v) is 13.1. The van der Waals surface area contributed by atoms with E-state index in [2.05, 4.69) is 10.5 Å². The van der Waals surface area contributed by atoms with E-state index in [0.717, 1.165) is 5.56 Å². The van der Waals surface area contributed by atoms with Gasteiger partial charge in [-0.15, -0.1) is 0 Å². The number of carbonyl (C=O) groups excluding carboxylic acids is 2. The SMILES string of the molecule is CCOC(=O)c1ccc(C(C)=NNC(=O)c2ccccc2)cc1. The molecule has 0 aliphatic heterocycles. The van der Waals surface area contributed by atoms with E-state index in [4.69, 9.17) is 4.74 Å². The number of nitrogens with one attached hydrogen (secondary N) is 1. The maximum absolute atomic E-state index is 11.9.